The van der Waals surface area contributed by atoms with Gasteiger partial charge in [-0.15, -0.1) is 0 Å². The molecular weight excluding hydrogens is 374 g/mol. The molecule has 0 aliphatic heterocycles. The van der Waals surface area contributed by atoms with E-state index >= 15 is 0 Å². The number of carbonyl (C=O) groups is 1. The number of nitrogens with one attached hydrogen (secondary N) is 1. The number of nitrogens with zero attached hydrogens (tertiary/aromatic N) is 3. The van der Waals surface area contributed by atoms with E-state index in [0.717, 1.165) is 34.8 Å². The van der Waals surface area contributed by atoms with Gasteiger partial charge in [0, 0.05) is 42.9 Å². The van der Waals surface area contributed by atoms with Gasteiger partial charge in [-0.1, -0.05) is 24.3 Å². The number of rotatable bonds is 5. The second-order valence-corrected chi connectivity index (χ2v) is 6.69. The van der Waals surface area contributed by atoms with Crippen LogP contribution in [0.15, 0.2) is 60.8 Å². The number of aryl methyl sites for hydroxylation is 1. The summed E-state index contributed by atoms with van der Waals surface area (Å²) in [6, 6.07) is 14.8. The van der Waals surface area contributed by atoms with Crippen molar-refractivity contribution in [2.24, 2.45) is 7.05 Å². The van der Waals surface area contributed by atoms with Gasteiger partial charge in [0.1, 0.15) is 17.3 Å². The minimum atomic E-state index is -0.639. The van der Waals surface area contributed by atoms with E-state index in [1.807, 2.05) is 36.4 Å². The van der Waals surface area contributed by atoms with Gasteiger partial charge in [-0.25, -0.2) is 8.78 Å². The highest BCUT2D eigenvalue weighted by atomic mass is 19.1. The zero-order valence-electron chi connectivity index (χ0n) is 15.7. The summed E-state index contributed by atoms with van der Waals surface area (Å²) in [4.78, 5) is 17.2. The predicted molar refractivity (Wildman–Crippen MR) is 106 cm³/mol. The highest BCUT2D eigenvalue weighted by Crippen LogP contribution is 2.25. The highest BCUT2D eigenvalue weighted by Gasteiger charge is 2.20. The molecule has 0 unspecified atom stereocenters. The van der Waals surface area contributed by atoms with Gasteiger partial charge in [-0.3, -0.25) is 14.5 Å². The Morgan fingerprint density at radius 2 is 1.93 bits per heavy atom. The summed E-state index contributed by atoms with van der Waals surface area (Å²) in [6.45, 7) is 0.351. The maximum Gasteiger partial charge on any atom is 0.255 e. The van der Waals surface area contributed by atoms with Crippen molar-refractivity contribution in [1.29, 1.82) is 0 Å². The number of amides is 1. The second-order valence-electron chi connectivity index (χ2n) is 6.69. The second kappa shape index (κ2) is 7.79. The van der Waals surface area contributed by atoms with Crippen molar-refractivity contribution in [3.8, 4) is 11.3 Å². The lowest BCUT2D eigenvalue weighted by atomic mass is 10.1. The van der Waals surface area contributed by atoms with Crippen LogP contribution in [0.4, 0.5) is 8.78 Å². The van der Waals surface area contributed by atoms with E-state index in [2.05, 4.69) is 15.4 Å². The average molecular weight is 392 g/mol. The summed E-state index contributed by atoms with van der Waals surface area (Å²) in [7, 11) is 1.62. The zero-order valence-corrected chi connectivity index (χ0v) is 15.7. The Morgan fingerprint density at radius 1 is 1.10 bits per heavy atom. The Hall–Kier alpha value is -3.61. The monoisotopic (exact) mass is 392 g/mol. The van der Waals surface area contributed by atoms with Gasteiger partial charge in [-0.05, 0) is 30.3 Å². The Bertz CT molecular complexity index is 1200. The predicted octanol–water partition coefficient (Wildman–Crippen LogP) is 3.89. The highest BCUT2D eigenvalue weighted by molar-refractivity contribution is 5.99. The fourth-order valence-electron chi connectivity index (χ4n) is 3.18. The van der Waals surface area contributed by atoms with E-state index in [1.165, 1.54) is 10.9 Å². The molecule has 2 aromatic carbocycles. The van der Waals surface area contributed by atoms with Crippen LogP contribution < -0.4 is 5.32 Å². The van der Waals surface area contributed by atoms with Gasteiger partial charge in [0.05, 0.1) is 11.1 Å². The first kappa shape index (κ1) is 18.7. The first-order valence-corrected chi connectivity index (χ1v) is 9.13. The average Bonchev–Trinajstić information content (AvgIpc) is 3.11. The third kappa shape index (κ3) is 3.99. The van der Waals surface area contributed by atoms with Crippen LogP contribution in [0.25, 0.3) is 22.2 Å². The number of carbonyl (C=O) groups excluding carboxylic acids is 1. The van der Waals surface area contributed by atoms with E-state index < -0.39 is 17.5 Å². The van der Waals surface area contributed by atoms with E-state index in [4.69, 9.17) is 0 Å². The largest absolute Gasteiger partial charge is 0.352 e. The van der Waals surface area contributed by atoms with Crippen LogP contribution in [-0.2, 0) is 13.5 Å². The van der Waals surface area contributed by atoms with Crippen molar-refractivity contribution in [3.63, 3.8) is 0 Å². The molecule has 146 valence electrons. The molecule has 4 aromatic rings. The molecule has 0 spiro atoms. The normalized spacial score (nSPS) is 11.0. The lowest BCUT2D eigenvalue weighted by Crippen LogP contribution is -2.26. The number of hydrogen-bond donors (Lipinski definition) is 1. The number of halogens is 2. The third-order valence-electron chi connectivity index (χ3n) is 4.58. The van der Waals surface area contributed by atoms with Gasteiger partial charge in [0.2, 0.25) is 0 Å². The summed E-state index contributed by atoms with van der Waals surface area (Å²) < 4.78 is 29.1. The van der Waals surface area contributed by atoms with Crippen LogP contribution in [0.1, 0.15) is 16.1 Å². The number of para-hydroxylation sites is 1. The first-order chi connectivity index (χ1) is 14.0. The third-order valence-corrected chi connectivity index (χ3v) is 4.58. The molecule has 0 saturated heterocycles. The minimum Gasteiger partial charge on any atom is -0.352 e. The zero-order chi connectivity index (χ0) is 20.4. The van der Waals surface area contributed by atoms with E-state index in [1.54, 1.807) is 7.05 Å². The number of benzene rings is 2. The maximum atomic E-state index is 14.2. The van der Waals surface area contributed by atoms with Crippen LogP contribution in [-0.4, -0.2) is 27.2 Å². The number of hydrogen-bond acceptors (Lipinski definition) is 3. The molecule has 1 amide bonds. The Labute approximate surface area is 166 Å². The molecule has 2 heterocycles. The molecule has 2 aromatic heterocycles. The van der Waals surface area contributed by atoms with E-state index in [-0.39, 0.29) is 16.8 Å². The van der Waals surface area contributed by atoms with Crippen LogP contribution in [0.5, 0.6) is 0 Å². The van der Waals surface area contributed by atoms with Gasteiger partial charge in [0.25, 0.3) is 5.91 Å². The topological polar surface area (TPSA) is 59.8 Å². The molecule has 0 bridgehead atoms. The molecule has 0 saturated carbocycles. The molecule has 0 radical (unpaired) electrons. The SMILES string of the molecule is Cn1cc(C(=O)NCCc2ccc3ccccc3n2)c(-c2cc(F)ccc2F)n1. The van der Waals surface area contributed by atoms with Crippen molar-refractivity contribution in [3.05, 3.63) is 83.7 Å². The number of aromatic nitrogens is 3. The van der Waals surface area contributed by atoms with Crippen LogP contribution in [0.2, 0.25) is 0 Å². The fraction of sp³-hybridized carbons (Fsp3) is 0.136. The first-order valence-electron chi connectivity index (χ1n) is 9.13. The van der Waals surface area contributed by atoms with Crippen LogP contribution in [0.3, 0.4) is 0 Å². The van der Waals surface area contributed by atoms with Crippen molar-refractivity contribution in [1.82, 2.24) is 20.1 Å². The molecule has 4 rings (SSSR count). The van der Waals surface area contributed by atoms with E-state index in [9.17, 15) is 13.6 Å². The van der Waals surface area contributed by atoms with Gasteiger partial charge >= 0.3 is 0 Å². The molecule has 5 nitrogen and oxygen atoms in total. The molecule has 0 aliphatic carbocycles. The van der Waals surface area contributed by atoms with Crippen molar-refractivity contribution < 1.29 is 13.6 Å². The summed E-state index contributed by atoms with van der Waals surface area (Å²) in [6.07, 6.45) is 2.03. The lowest BCUT2D eigenvalue weighted by Gasteiger charge is -2.07. The van der Waals surface area contributed by atoms with E-state index in [0.29, 0.717) is 13.0 Å². The standard InChI is InChI=1S/C22H18F2N4O/c1-28-13-18(21(27-28)17-12-15(23)7-9-19(17)24)22(29)25-11-10-16-8-6-14-4-2-3-5-20(14)26-16/h2-9,12-13H,10-11H2,1H3,(H,25,29). The van der Waals surface area contributed by atoms with Gasteiger partial charge < -0.3 is 5.32 Å². The number of fused-ring (bicyclic) bond motifs is 1. The molecule has 7 heteroatoms. The minimum absolute atomic E-state index is 0.0491. The molecule has 29 heavy (non-hydrogen) atoms. The van der Waals surface area contributed by atoms with Gasteiger partial charge in [0.15, 0.2) is 0 Å². The number of pyridine rings is 1. The van der Waals surface area contributed by atoms with Crippen molar-refractivity contribution >= 4 is 16.8 Å². The van der Waals surface area contributed by atoms with Crippen LogP contribution in [0, 0.1) is 11.6 Å². The smallest absolute Gasteiger partial charge is 0.255 e. The van der Waals surface area contributed by atoms with Crippen molar-refractivity contribution in [2.45, 2.75) is 6.42 Å². The summed E-state index contributed by atoms with van der Waals surface area (Å²) in [5, 5.41) is 8.00. The summed E-state index contributed by atoms with van der Waals surface area (Å²) >= 11 is 0. The summed E-state index contributed by atoms with van der Waals surface area (Å²) in [5.41, 5.74) is 1.99. The molecule has 0 fully saturated rings. The Kier molecular flexibility index (Phi) is 5.03. The molecule has 0 aliphatic rings. The molecule has 1 N–H and O–H groups in total. The Morgan fingerprint density at radius 3 is 2.79 bits per heavy atom. The lowest BCUT2D eigenvalue weighted by molar-refractivity contribution is 0.0954. The summed E-state index contributed by atoms with van der Waals surface area (Å²) in [5.74, 6) is -1.64. The van der Waals surface area contributed by atoms with Gasteiger partial charge in [-0.2, -0.15) is 5.10 Å². The molecule has 0 atom stereocenters. The van der Waals surface area contributed by atoms with Crippen LogP contribution >= 0.6 is 0 Å². The Balaban J connectivity index is 1.49. The molecular formula is C22H18F2N4O. The van der Waals surface area contributed by atoms with Crippen molar-refractivity contribution in [2.75, 3.05) is 6.54 Å². The fourth-order valence-corrected chi connectivity index (χ4v) is 3.18. The maximum absolute atomic E-state index is 14.2. The quantitative estimate of drug-likeness (QED) is 0.561.